The van der Waals surface area contributed by atoms with Gasteiger partial charge in [0.2, 0.25) is 0 Å². The summed E-state index contributed by atoms with van der Waals surface area (Å²) in [6.07, 6.45) is 15.0. The molecule has 0 unspecified atom stereocenters. The zero-order valence-corrected chi connectivity index (χ0v) is 7.07. The number of rotatable bonds is 0. The topological polar surface area (TPSA) is 0 Å². The molecule has 0 nitrogen and oxygen atoms in total. The summed E-state index contributed by atoms with van der Waals surface area (Å²) in [6.45, 7) is 0. The van der Waals surface area contributed by atoms with E-state index in [0.29, 0.717) is 0 Å². The molecule has 0 aromatic heterocycles. The van der Waals surface area contributed by atoms with E-state index in [2.05, 4.69) is 0 Å². The number of hydrogen-bond donors (Lipinski definition) is 0. The molecule has 0 radical (unpaired) electrons. The van der Waals surface area contributed by atoms with Crippen molar-refractivity contribution < 1.29 is 0 Å². The predicted molar refractivity (Wildman–Crippen MR) is 52.9 cm³/mol. The number of hydrogen-bond acceptors (Lipinski definition) is 0. The second-order valence-corrected chi connectivity index (χ2v) is 3.54. The zero-order valence-electron chi connectivity index (χ0n) is 7.07. The SMILES string of the molecule is C.C1CCCC1.C1CCCC1. The molecule has 0 heteroatoms. The third kappa shape index (κ3) is 6.40. The van der Waals surface area contributed by atoms with Crippen molar-refractivity contribution in [3.8, 4) is 0 Å². The van der Waals surface area contributed by atoms with Gasteiger partial charge in [0, 0.05) is 0 Å². The first-order valence-corrected chi connectivity index (χ1v) is 5.00. The largest absolute Gasteiger partial charge is 0.0776 e. The third-order valence-electron chi connectivity index (χ3n) is 2.50. The van der Waals surface area contributed by atoms with Gasteiger partial charge in [-0.15, -0.1) is 0 Å². The highest BCUT2D eigenvalue weighted by Gasteiger charge is 1.95. The van der Waals surface area contributed by atoms with Crippen LogP contribution in [0.5, 0.6) is 0 Å². The van der Waals surface area contributed by atoms with Crippen LogP contribution in [0.1, 0.15) is 71.6 Å². The molecule has 2 rings (SSSR count). The van der Waals surface area contributed by atoms with Gasteiger partial charge in [-0.05, 0) is 0 Å². The van der Waals surface area contributed by atoms with Crippen molar-refractivity contribution in [3.05, 3.63) is 0 Å². The quantitative estimate of drug-likeness (QED) is 0.483. The van der Waals surface area contributed by atoms with Crippen LogP contribution >= 0.6 is 0 Å². The Bertz CT molecular complexity index is 33.2. The van der Waals surface area contributed by atoms with Crippen LogP contribution in [0.25, 0.3) is 0 Å². The first kappa shape index (κ1) is 11.0. The second kappa shape index (κ2) is 8.10. The van der Waals surface area contributed by atoms with Gasteiger partial charge in [-0.1, -0.05) is 71.6 Å². The van der Waals surface area contributed by atoms with Gasteiger partial charge in [-0.25, -0.2) is 0 Å². The van der Waals surface area contributed by atoms with Gasteiger partial charge in [0.05, 0.1) is 0 Å². The highest BCUT2D eigenvalue weighted by Crippen LogP contribution is 2.15. The Balaban J connectivity index is 0.000000167. The lowest BCUT2D eigenvalue weighted by molar-refractivity contribution is 0.886. The van der Waals surface area contributed by atoms with E-state index < -0.39 is 0 Å². The highest BCUT2D eigenvalue weighted by atomic mass is 14.0. The Morgan fingerprint density at radius 2 is 0.364 bits per heavy atom. The summed E-state index contributed by atoms with van der Waals surface area (Å²) in [5, 5.41) is 0. The fourth-order valence-corrected chi connectivity index (χ4v) is 1.77. The van der Waals surface area contributed by atoms with Crippen molar-refractivity contribution in [3.63, 3.8) is 0 Å². The normalized spacial score (nSPS) is 21.8. The van der Waals surface area contributed by atoms with Crippen LogP contribution in [0.15, 0.2) is 0 Å². The molecule has 0 bridgehead atoms. The first-order chi connectivity index (χ1) is 5.00. The minimum atomic E-state index is 0. The lowest BCUT2D eigenvalue weighted by Crippen LogP contribution is -1.47. The van der Waals surface area contributed by atoms with Gasteiger partial charge in [-0.2, -0.15) is 0 Å². The van der Waals surface area contributed by atoms with E-state index in [1.807, 2.05) is 0 Å². The minimum absolute atomic E-state index is 0. The summed E-state index contributed by atoms with van der Waals surface area (Å²) < 4.78 is 0. The molecule has 2 aliphatic carbocycles. The molecular weight excluding hydrogens is 132 g/mol. The maximum atomic E-state index is 1.50. The lowest BCUT2D eigenvalue weighted by atomic mass is 10.4. The summed E-state index contributed by atoms with van der Waals surface area (Å²) in [7, 11) is 0. The van der Waals surface area contributed by atoms with Gasteiger partial charge in [0.15, 0.2) is 0 Å². The zero-order chi connectivity index (χ0) is 7.07. The molecule has 0 aromatic carbocycles. The third-order valence-corrected chi connectivity index (χ3v) is 2.50. The highest BCUT2D eigenvalue weighted by molar-refractivity contribution is 4.51. The Morgan fingerprint density at radius 3 is 0.455 bits per heavy atom. The average Bonchev–Trinajstić information content (AvgIpc) is 2.67. The summed E-state index contributed by atoms with van der Waals surface area (Å²) >= 11 is 0. The van der Waals surface area contributed by atoms with Crippen molar-refractivity contribution >= 4 is 0 Å². The molecule has 2 fully saturated rings. The monoisotopic (exact) mass is 156 g/mol. The van der Waals surface area contributed by atoms with Crippen molar-refractivity contribution in [1.29, 1.82) is 0 Å². The Hall–Kier alpha value is 0. The van der Waals surface area contributed by atoms with Crippen LogP contribution in [-0.4, -0.2) is 0 Å². The van der Waals surface area contributed by atoms with Gasteiger partial charge in [0.25, 0.3) is 0 Å². The standard InChI is InChI=1S/2C5H10.CH4/c2*1-2-4-5-3-1;/h2*1-5H2;1H4. The van der Waals surface area contributed by atoms with Crippen molar-refractivity contribution in [2.24, 2.45) is 0 Å². The molecule has 11 heavy (non-hydrogen) atoms. The first-order valence-electron chi connectivity index (χ1n) is 5.00. The Labute approximate surface area is 72.4 Å². The molecule has 0 aromatic rings. The van der Waals surface area contributed by atoms with E-state index in [1.165, 1.54) is 64.2 Å². The molecule has 0 amide bonds. The molecule has 0 atom stereocenters. The predicted octanol–water partition coefficient (Wildman–Crippen LogP) is 4.54. The smallest absolute Gasteiger partial charge is 0.0533 e. The Kier molecular flexibility index (Phi) is 8.10. The van der Waals surface area contributed by atoms with Crippen molar-refractivity contribution in [1.82, 2.24) is 0 Å². The summed E-state index contributed by atoms with van der Waals surface area (Å²) in [4.78, 5) is 0. The molecule has 2 saturated carbocycles. The fraction of sp³-hybridized carbons (Fsp3) is 1.00. The van der Waals surface area contributed by atoms with Gasteiger partial charge in [0.1, 0.15) is 0 Å². The maximum Gasteiger partial charge on any atom is -0.0533 e. The van der Waals surface area contributed by atoms with Gasteiger partial charge >= 0.3 is 0 Å². The van der Waals surface area contributed by atoms with Crippen LogP contribution in [0.3, 0.4) is 0 Å². The van der Waals surface area contributed by atoms with E-state index in [-0.39, 0.29) is 7.43 Å². The van der Waals surface area contributed by atoms with Crippen LogP contribution in [-0.2, 0) is 0 Å². The van der Waals surface area contributed by atoms with Crippen LogP contribution in [0.4, 0.5) is 0 Å². The second-order valence-electron chi connectivity index (χ2n) is 3.54. The Morgan fingerprint density at radius 1 is 0.273 bits per heavy atom. The van der Waals surface area contributed by atoms with E-state index in [0.717, 1.165) is 0 Å². The molecule has 0 spiro atoms. The van der Waals surface area contributed by atoms with Gasteiger partial charge in [-0.3, -0.25) is 0 Å². The van der Waals surface area contributed by atoms with Crippen LogP contribution in [0.2, 0.25) is 0 Å². The van der Waals surface area contributed by atoms with E-state index in [9.17, 15) is 0 Å². The fourth-order valence-electron chi connectivity index (χ4n) is 1.77. The average molecular weight is 156 g/mol. The van der Waals surface area contributed by atoms with Crippen molar-refractivity contribution in [2.75, 3.05) is 0 Å². The minimum Gasteiger partial charge on any atom is -0.0776 e. The summed E-state index contributed by atoms with van der Waals surface area (Å²) in [5.41, 5.74) is 0. The maximum absolute atomic E-state index is 1.50. The van der Waals surface area contributed by atoms with E-state index in [1.54, 1.807) is 0 Å². The molecule has 0 N–H and O–H groups in total. The van der Waals surface area contributed by atoms with Crippen molar-refractivity contribution in [2.45, 2.75) is 71.6 Å². The van der Waals surface area contributed by atoms with Crippen LogP contribution in [0, 0.1) is 0 Å². The van der Waals surface area contributed by atoms with Crippen LogP contribution < -0.4 is 0 Å². The molecule has 0 saturated heterocycles. The molecule has 68 valence electrons. The molecular formula is C11H24. The van der Waals surface area contributed by atoms with E-state index >= 15 is 0 Å². The molecule has 0 aliphatic heterocycles. The summed E-state index contributed by atoms with van der Waals surface area (Å²) in [5.74, 6) is 0. The molecule has 2 aliphatic rings. The summed E-state index contributed by atoms with van der Waals surface area (Å²) in [6, 6.07) is 0. The molecule has 0 heterocycles. The van der Waals surface area contributed by atoms with E-state index in [4.69, 9.17) is 0 Å². The lowest BCUT2D eigenvalue weighted by Gasteiger charge is -1.67. The van der Waals surface area contributed by atoms with Gasteiger partial charge < -0.3 is 0 Å².